The number of amides is 2. The van der Waals surface area contributed by atoms with Crippen molar-refractivity contribution in [3.05, 3.63) is 33.8 Å². The van der Waals surface area contributed by atoms with Crippen LogP contribution in [0.4, 0.5) is 0 Å². The molecule has 7 heteroatoms. The standard InChI is InChI=1S/C21H28Cl2N2O3/c1-4-14(3)24-19(26)18-12-28-21(9-7-13(2)8-10-21)25(18)20(27)15-5-6-16(22)17(23)11-15/h5-6,11,13-14,18H,4,7-10,12H2,1-3H3,(H,24,26)/t13?,14-,18-,21?/m1/s1. The highest BCUT2D eigenvalue weighted by atomic mass is 35.5. The van der Waals surface area contributed by atoms with Gasteiger partial charge in [0.15, 0.2) is 0 Å². The van der Waals surface area contributed by atoms with E-state index in [0.29, 0.717) is 21.5 Å². The molecule has 2 amide bonds. The van der Waals surface area contributed by atoms with E-state index < -0.39 is 11.8 Å². The smallest absolute Gasteiger partial charge is 0.256 e. The predicted octanol–water partition coefficient (Wildman–Crippen LogP) is 4.66. The van der Waals surface area contributed by atoms with E-state index in [1.165, 1.54) is 0 Å². The van der Waals surface area contributed by atoms with Gasteiger partial charge < -0.3 is 10.1 Å². The Kier molecular flexibility index (Phi) is 6.58. The first-order valence-corrected chi connectivity index (χ1v) is 10.8. The van der Waals surface area contributed by atoms with Crippen LogP contribution < -0.4 is 5.32 Å². The van der Waals surface area contributed by atoms with Crippen LogP contribution in [0.2, 0.25) is 10.0 Å². The lowest BCUT2D eigenvalue weighted by molar-refractivity contribution is -0.128. The number of nitrogens with zero attached hydrogens (tertiary/aromatic N) is 1. The van der Waals surface area contributed by atoms with Crippen LogP contribution in [0.1, 0.15) is 63.2 Å². The van der Waals surface area contributed by atoms with Gasteiger partial charge in [0.05, 0.1) is 16.7 Å². The molecule has 0 radical (unpaired) electrons. The highest BCUT2D eigenvalue weighted by Gasteiger charge is 2.53. The minimum atomic E-state index is -0.729. The summed E-state index contributed by atoms with van der Waals surface area (Å²) in [6, 6.07) is 4.21. The van der Waals surface area contributed by atoms with Crippen LogP contribution in [-0.4, -0.2) is 41.1 Å². The van der Waals surface area contributed by atoms with Crippen molar-refractivity contribution in [2.45, 2.75) is 70.7 Å². The van der Waals surface area contributed by atoms with Gasteiger partial charge in [-0.15, -0.1) is 0 Å². The third-order valence-electron chi connectivity index (χ3n) is 6.01. The summed E-state index contributed by atoms with van der Waals surface area (Å²) in [5, 5.41) is 3.71. The fraction of sp³-hybridized carbons (Fsp3) is 0.619. The Morgan fingerprint density at radius 1 is 1.29 bits per heavy atom. The number of nitrogens with one attached hydrogen (secondary N) is 1. The van der Waals surface area contributed by atoms with Gasteiger partial charge in [0.2, 0.25) is 5.91 Å². The Hall–Kier alpha value is -1.30. The maximum absolute atomic E-state index is 13.5. The molecule has 1 N–H and O–H groups in total. The minimum Gasteiger partial charge on any atom is -0.353 e. The normalized spacial score (nSPS) is 28.4. The zero-order valence-electron chi connectivity index (χ0n) is 16.6. The first kappa shape index (κ1) is 21.4. The first-order valence-electron chi connectivity index (χ1n) is 10.0. The maximum atomic E-state index is 13.5. The van der Waals surface area contributed by atoms with Crippen LogP contribution in [0.5, 0.6) is 0 Å². The second kappa shape index (κ2) is 8.60. The van der Waals surface area contributed by atoms with E-state index in [4.69, 9.17) is 27.9 Å². The molecule has 1 aromatic carbocycles. The number of carbonyl (C=O) groups excluding carboxylic acids is 2. The van der Waals surface area contributed by atoms with E-state index in [1.807, 2.05) is 13.8 Å². The van der Waals surface area contributed by atoms with Crippen molar-refractivity contribution in [3.63, 3.8) is 0 Å². The molecule has 3 rings (SSSR count). The summed E-state index contributed by atoms with van der Waals surface area (Å²) in [5.41, 5.74) is -0.313. The fourth-order valence-corrected chi connectivity index (χ4v) is 4.29. The van der Waals surface area contributed by atoms with Gasteiger partial charge in [-0.2, -0.15) is 0 Å². The van der Waals surface area contributed by atoms with Crippen LogP contribution in [0.25, 0.3) is 0 Å². The van der Waals surface area contributed by atoms with E-state index in [1.54, 1.807) is 23.1 Å². The second-order valence-corrected chi connectivity index (χ2v) is 8.89. The summed E-state index contributed by atoms with van der Waals surface area (Å²) < 4.78 is 6.17. The molecular formula is C21H28Cl2N2O3. The number of hydrogen-bond acceptors (Lipinski definition) is 3. The molecule has 1 saturated carbocycles. The van der Waals surface area contributed by atoms with E-state index in [-0.39, 0.29) is 24.5 Å². The topological polar surface area (TPSA) is 58.6 Å². The molecule has 1 aliphatic carbocycles. The minimum absolute atomic E-state index is 0.0392. The lowest BCUT2D eigenvalue weighted by Crippen LogP contribution is -2.57. The number of hydrogen-bond donors (Lipinski definition) is 1. The van der Waals surface area contributed by atoms with Gasteiger partial charge in [0.1, 0.15) is 11.8 Å². The molecule has 1 aliphatic heterocycles. The molecule has 1 heterocycles. The zero-order chi connectivity index (χ0) is 20.5. The molecule has 5 nitrogen and oxygen atoms in total. The quantitative estimate of drug-likeness (QED) is 0.761. The molecule has 0 unspecified atom stereocenters. The molecule has 1 aromatic rings. The van der Waals surface area contributed by atoms with Crippen molar-refractivity contribution in [2.75, 3.05) is 6.61 Å². The van der Waals surface area contributed by atoms with E-state index >= 15 is 0 Å². The lowest BCUT2D eigenvalue weighted by atomic mass is 9.83. The van der Waals surface area contributed by atoms with Crippen molar-refractivity contribution < 1.29 is 14.3 Å². The van der Waals surface area contributed by atoms with Crippen molar-refractivity contribution >= 4 is 35.0 Å². The number of benzene rings is 1. The molecule has 28 heavy (non-hydrogen) atoms. The Bertz CT molecular complexity index is 747. The van der Waals surface area contributed by atoms with Gasteiger partial charge in [-0.25, -0.2) is 0 Å². The number of carbonyl (C=O) groups is 2. The second-order valence-electron chi connectivity index (χ2n) is 8.08. The predicted molar refractivity (Wildman–Crippen MR) is 111 cm³/mol. The highest BCUT2D eigenvalue weighted by Crippen LogP contribution is 2.43. The van der Waals surface area contributed by atoms with Gasteiger partial charge in [-0.1, -0.05) is 37.0 Å². The Labute approximate surface area is 176 Å². The van der Waals surface area contributed by atoms with Crippen molar-refractivity contribution in [3.8, 4) is 0 Å². The largest absolute Gasteiger partial charge is 0.353 e. The molecule has 2 aliphatic rings. The van der Waals surface area contributed by atoms with E-state index in [0.717, 1.165) is 32.1 Å². The summed E-state index contributed by atoms with van der Waals surface area (Å²) >= 11 is 12.1. The first-order chi connectivity index (χ1) is 13.3. The average molecular weight is 427 g/mol. The molecule has 154 valence electrons. The Balaban J connectivity index is 1.93. The summed E-state index contributed by atoms with van der Waals surface area (Å²) in [5.74, 6) is 0.178. The molecule has 1 saturated heterocycles. The van der Waals surface area contributed by atoms with Gasteiger partial charge in [-0.05, 0) is 63.1 Å². The summed E-state index contributed by atoms with van der Waals surface area (Å²) in [6.45, 7) is 6.39. The maximum Gasteiger partial charge on any atom is 0.256 e. The van der Waals surface area contributed by atoms with Crippen molar-refractivity contribution in [2.24, 2.45) is 5.92 Å². The summed E-state index contributed by atoms with van der Waals surface area (Å²) in [4.78, 5) is 28.1. The monoisotopic (exact) mass is 426 g/mol. The molecular weight excluding hydrogens is 399 g/mol. The van der Waals surface area contributed by atoms with Crippen LogP contribution in [0.15, 0.2) is 18.2 Å². The number of ether oxygens (including phenoxy) is 1. The lowest BCUT2D eigenvalue weighted by Gasteiger charge is -2.43. The Morgan fingerprint density at radius 2 is 1.96 bits per heavy atom. The van der Waals surface area contributed by atoms with Gasteiger partial charge in [-0.3, -0.25) is 14.5 Å². The van der Waals surface area contributed by atoms with Crippen LogP contribution >= 0.6 is 23.2 Å². The average Bonchev–Trinajstić information content (AvgIpc) is 3.04. The molecule has 0 bridgehead atoms. The Morgan fingerprint density at radius 3 is 2.57 bits per heavy atom. The molecule has 1 spiro atoms. The van der Waals surface area contributed by atoms with Crippen molar-refractivity contribution in [1.82, 2.24) is 10.2 Å². The molecule has 2 atom stereocenters. The summed E-state index contributed by atoms with van der Waals surface area (Å²) in [6.07, 6.45) is 4.21. The van der Waals surface area contributed by atoms with E-state index in [9.17, 15) is 9.59 Å². The molecule has 0 aromatic heterocycles. The van der Waals surface area contributed by atoms with Crippen LogP contribution in [0.3, 0.4) is 0 Å². The zero-order valence-corrected chi connectivity index (χ0v) is 18.1. The number of rotatable bonds is 4. The van der Waals surface area contributed by atoms with Gasteiger partial charge >= 0.3 is 0 Å². The highest BCUT2D eigenvalue weighted by molar-refractivity contribution is 6.42. The summed E-state index contributed by atoms with van der Waals surface area (Å²) in [7, 11) is 0. The van der Waals surface area contributed by atoms with E-state index in [2.05, 4.69) is 12.2 Å². The third kappa shape index (κ3) is 4.17. The number of halogens is 2. The third-order valence-corrected chi connectivity index (χ3v) is 6.74. The van der Waals surface area contributed by atoms with Gasteiger partial charge in [0, 0.05) is 11.6 Å². The van der Waals surface area contributed by atoms with Crippen LogP contribution in [0, 0.1) is 5.92 Å². The van der Waals surface area contributed by atoms with Gasteiger partial charge in [0.25, 0.3) is 5.91 Å². The fourth-order valence-electron chi connectivity index (χ4n) is 3.99. The SMILES string of the molecule is CC[C@@H](C)NC(=O)[C@H]1COC2(CCC(C)CC2)N1C(=O)c1ccc(Cl)c(Cl)c1. The van der Waals surface area contributed by atoms with Crippen LogP contribution in [-0.2, 0) is 9.53 Å². The molecule has 2 fully saturated rings. The van der Waals surface area contributed by atoms with Crippen molar-refractivity contribution in [1.29, 1.82) is 0 Å².